The average molecular weight is 477 g/mol. The van der Waals surface area contributed by atoms with Gasteiger partial charge < -0.3 is 24.4 Å². The van der Waals surface area contributed by atoms with Gasteiger partial charge in [0.1, 0.15) is 11.6 Å². The van der Waals surface area contributed by atoms with Crippen LogP contribution in [0.25, 0.3) is 0 Å². The van der Waals surface area contributed by atoms with Gasteiger partial charge in [-0.1, -0.05) is 25.1 Å². The Morgan fingerprint density at radius 1 is 1.00 bits per heavy atom. The number of ether oxygens (including phenoxy) is 3. The van der Waals surface area contributed by atoms with Crippen LogP contribution in [0.1, 0.15) is 30.0 Å². The molecule has 35 heavy (non-hydrogen) atoms. The third kappa shape index (κ3) is 5.06. The molecule has 2 amide bonds. The van der Waals surface area contributed by atoms with Crippen LogP contribution in [-0.4, -0.2) is 29.6 Å². The molecule has 5 rings (SSSR count). The second-order valence-corrected chi connectivity index (χ2v) is 8.57. The summed E-state index contributed by atoms with van der Waals surface area (Å²) < 4.78 is 30.0. The molecule has 1 atom stereocenters. The number of rotatable bonds is 6. The number of nitrogens with zero attached hydrogens (tertiary/aromatic N) is 1. The minimum absolute atomic E-state index is 0.0942. The normalized spacial score (nSPS) is 16.3. The van der Waals surface area contributed by atoms with Crippen LogP contribution in [-0.2, 0) is 29.1 Å². The fraction of sp³-hybridized carbons (Fsp3) is 0.259. The SMILES string of the molecule is CC[C@H]1Oc2ccc(NC(=O)Cc3ccc(F)cc3)cc2CN(Cc2ccc3c(c2)OCO3)C1=O. The summed E-state index contributed by atoms with van der Waals surface area (Å²) in [7, 11) is 0. The number of halogens is 1. The quantitative estimate of drug-likeness (QED) is 0.570. The van der Waals surface area contributed by atoms with Gasteiger partial charge in [-0.3, -0.25) is 9.59 Å². The molecule has 0 saturated carbocycles. The summed E-state index contributed by atoms with van der Waals surface area (Å²) in [6.07, 6.45) is 0.0659. The highest BCUT2D eigenvalue weighted by molar-refractivity contribution is 5.92. The van der Waals surface area contributed by atoms with Crippen LogP contribution in [0, 0.1) is 5.82 Å². The molecular formula is C27H25FN2O5. The summed E-state index contributed by atoms with van der Waals surface area (Å²) in [5.41, 5.74) is 3.04. The van der Waals surface area contributed by atoms with Crippen molar-refractivity contribution in [3.8, 4) is 17.2 Å². The van der Waals surface area contributed by atoms with Gasteiger partial charge >= 0.3 is 0 Å². The highest BCUT2D eigenvalue weighted by Crippen LogP contribution is 2.34. The highest BCUT2D eigenvalue weighted by atomic mass is 19.1. The second kappa shape index (κ2) is 9.66. The van der Waals surface area contributed by atoms with E-state index in [4.69, 9.17) is 14.2 Å². The van der Waals surface area contributed by atoms with Crippen LogP contribution in [0.2, 0.25) is 0 Å². The summed E-state index contributed by atoms with van der Waals surface area (Å²) in [5, 5.41) is 2.88. The maximum atomic E-state index is 13.2. The van der Waals surface area contributed by atoms with Gasteiger partial charge in [-0.05, 0) is 60.0 Å². The number of amides is 2. The van der Waals surface area contributed by atoms with Crippen molar-refractivity contribution in [1.29, 1.82) is 0 Å². The van der Waals surface area contributed by atoms with E-state index < -0.39 is 6.10 Å². The maximum absolute atomic E-state index is 13.2. The van der Waals surface area contributed by atoms with Crippen LogP contribution in [0.15, 0.2) is 60.7 Å². The molecule has 2 aliphatic rings. The van der Waals surface area contributed by atoms with Crippen LogP contribution in [0.3, 0.4) is 0 Å². The molecule has 8 heteroatoms. The lowest BCUT2D eigenvalue weighted by Crippen LogP contribution is -2.38. The fourth-order valence-electron chi connectivity index (χ4n) is 4.23. The van der Waals surface area contributed by atoms with Crippen LogP contribution in [0.4, 0.5) is 10.1 Å². The van der Waals surface area contributed by atoms with Gasteiger partial charge in [-0.15, -0.1) is 0 Å². The number of fused-ring (bicyclic) bond motifs is 2. The lowest BCUT2D eigenvalue weighted by Gasteiger charge is -2.23. The molecule has 2 heterocycles. The van der Waals surface area contributed by atoms with Crippen molar-refractivity contribution in [3.63, 3.8) is 0 Å². The Balaban J connectivity index is 1.34. The van der Waals surface area contributed by atoms with Gasteiger partial charge in [0.2, 0.25) is 12.7 Å². The predicted octanol–water partition coefficient (Wildman–Crippen LogP) is 4.44. The van der Waals surface area contributed by atoms with Gasteiger partial charge in [0, 0.05) is 24.3 Å². The Hall–Kier alpha value is -4.07. The molecule has 2 aliphatic heterocycles. The Kier molecular flexibility index (Phi) is 6.27. The molecule has 7 nitrogen and oxygen atoms in total. The number of anilines is 1. The van der Waals surface area contributed by atoms with Crippen LogP contribution >= 0.6 is 0 Å². The molecule has 1 N–H and O–H groups in total. The molecule has 0 unspecified atom stereocenters. The summed E-state index contributed by atoms with van der Waals surface area (Å²) >= 11 is 0. The van der Waals surface area contributed by atoms with E-state index in [-0.39, 0.29) is 30.8 Å². The van der Waals surface area contributed by atoms with Crippen molar-refractivity contribution < 1.29 is 28.2 Å². The Labute approximate surface area is 202 Å². The first-order chi connectivity index (χ1) is 17.0. The third-order valence-electron chi connectivity index (χ3n) is 6.02. The van der Waals surface area contributed by atoms with Crippen molar-refractivity contribution in [2.75, 3.05) is 12.1 Å². The van der Waals surface area contributed by atoms with Crippen molar-refractivity contribution in [3.05, 3.63) is 83.2 Å². The van der Waals surface area contributed by atoms with Gasteiger partial charge in [0.25, 0.3) is 5.91 Å². The molecule has 3 aromatic rings. The minimum atomic E-state index is -0.593. The molecule has 0 aliphatic carbocycles. The lowest BCUT2D eigenvalue weighted by atomic mass is 10.1. The van der Waals surface area contributed by atoms with Gasteiger partial charge in [-0.25, -0.2) is 4.39 Å². The van der Waals surface area contributed by atoms with E-state index in [1.54, 1.807) is 29.2 Å². The first-order valence-corrected chi connectivity index (χ1v) is 11.5. The zero-order valence-corrected chi connectivity index (χ0v) is 19.3. The number of hydrogen-bond donors (Lipinski definition) is 1. The van der Waals surface area contributed by atoms with Crippen molar-refractivity contribution in [1.82, 2.24) is 4.90 Å². The Bertz CT molecular complexity index is 1260. The fourth-order valence-corrected chi connectivity index (χ4v) is 4.23. The summed E-state index contributed by atoms with van der Waals surface area (Å²) in [4.78, 5) is 27.5. The monoisotopic (exact) mass is 476 g/mol. The largest absolute Gasteiger partial charge is 0.480 e. The number of nitrogens with one attached hydrogen (secondary N) is 1. The smallest absolute Gasteiger partial charge is 0.264 e. The van der Waals surface area contributed by atoms with Crippen molar-refractivity contribution >= 4 is 17.5 Å². The molecule has 0 saturated heterocycles. The number of carbonyl (C=O) groups excluding carboxylic acids is 2. The van der Waals surface area contributed by atoms with Gasteiger partial charge in [0.05, 0.1) is 6.42 Å². The predicted molar refractivity (Wildman–Crippen MR) is 127 cm³/mol. The van der Waals surface area contributed by atoms with E-state index in [9.17, 15) is 14.0 Å². The Morgan fingerprint density at radius 3 is 2.54 bits per heavy atom. The summed E-state index contributed by atoms with van der Waals surface area (Å²) in [5.74, 6) is 1.32. The molecule has 0 bridgehead atoms. The van der Waals surface area contributed by atoms with Crippen molar-refractivity contribution in [2.24, 2.45) is 0 Å². The first-order valence-electron chi connectivity index (χ1n) is 11.5. The topological polar surface area (TPSA) is 77.1 Å². The highest BCUT2D eigenvalue weighted by Gasteiger charge is 2.30. The minimum Gasteiger partial charge on any atom is -0.480 e. The molecule has 0 spiro atoms. The average Bonchev–Trinajstić information content (AvgIpc) is 3.27. The van der Waals surface area contributed by atoms with E-state index in [0.29, 0.717) is 48.0 Å². The maximum Gasteiger partial charge on any atom is 0.264 e. The van der Waals surface area contributed by atoms with E-state index in [2.05, 4.69) is 5.32 Å². The number of hydrogen-bond acceptors (Lipinski definition) is 5. The van der Waals surface area contributed by atoms with E-state index in [1.807, 2.05) is 31.2 Å². The molecule has 0 fully saturated rings. The molecule has 0 aromatic heterocycles. The molecule has 180 valence electrons. The zero-order chi connectivity index (χ0) is 24.4. The Morgan fingerprint density at radius 2 is 1.74 bits per heavy atom. The second-order valence-electron chi connectivity index (χ2n) is 8.57. The van der Waals surface area contributed by atoms with Gasteiger partial charge in [0.15, 0.2) is 17.6 Å². The number of carbonyl (C=O) groups is 2. The van der Waals surface area contributed by atoms with Gasteiger partial charge in [-0.2, -0.15) is 0 Å². The first kappa shape index (κ1) is 22.7. The summed E-state index contributed by atoms with van der Waals surface area (Å²) in [6, 6.07) is 16.8. The van der Waals surface area contributed by atoms with E-state index in [1.165, 1.54) is 12.1 Å². The number of benzene rings is 3. The van der Waals surface area contributed by atoms with Crippen molar-refractivity contribution in [2.45, 2.75) is 39.0 Å². The third-order valence-corrected chi connectivity index (χ3v) is 6.02. The van der Waals surface area contributed by atoms with Crippen LogP contribution in [0.5, 0.6) is 17.2 Å². The molecule has 3 aromatic carbocycles. The van der Waals surface area contributed by atoms with E-state index in [0.717, 1.165) is 11.1 Å². The molecule has 0 radical (unpaired) electrons. The summed E-state index contributed by atoms with van der Waals surface area (Å²) in [6.45, 7) is 2.82. The lowest BCUT2D eigenvalue weighted by molar-refractivity contribution is -0.139. The van der Waals surface area contributed by atoms with E-state index >= 15 is 0 Å². The standard InChI is InChI=1S/C27H25FN2O5/c1-2-22-27(32)30(14-18-5-9-24-25(11-18)34-16-33-24)15-19-13-21(8-10-23(19)35-22)29-26(31)12-17-3-6-20(28)7-4-17/h3-11,13,22H,2,12,14-16H2,1H3,(H,29,31)/t22-/m1/s1. The van der Waals surface area contributed by atoms with Crippen LogP contribution < -0.4 is 19.5 Å². The molecular weight excluding hydrogens is 451 g/mol. The zero-order valence-electron chi connectivity index (χ0n) is 19.3.